The Morgan fingerprint density at radius 3 is 2.56 bits per heavy atom. The van der Waals surface area contributed by atoms with Gasteiger partial charge in [0.25, 0.3) is 0 Å². The largest absolute Gasteiger partial charge is 0.320 e. The number of pyridine rings is 1. The molecule has 0 saturated carbocycles. The van der Waals surface area contributed by atoms with Crippen molar-refractivity contribution in [1.29, 1.82) is 0 Å². The summed E-state index contributed by atoms with van der Waals surface area (Å²) in [6, 6.07) is 9.78. The van der Waals surface area contributed by atoms with Crippen molar-refractivity contribution in [1.82, 2.24) is 15.0 Å². The van der Waals surface area contributed by atoms with Gasteiger partial charge in [0.2, 0.25) is 0 Å². The summed E-state index contributed by atoms with van der Waals surface area (Å²) in [6.45, 7) is 0. The number of benzene rings is 1. The molecule has 0 radical (unpaired) electrons. The number of aromatic nitrogens is 3. The van der Waals surface area contributed by atoms with E-state index in [0.717, 1.165) is 22.0 Å². The molecule has 1 unspecified atom stereocenters. The fraction of sp³-hybridized carbons (Fsp3) is 0.0714. The van der Waals surface area contributed by atoms with Crippen LogP contribution in [0.5, 0.6) is 0 Å². The van der Waals surface area contributed by atoms with Crippen LogP contribution in [-0.2, 0) is 0 Å². The van der Waals surface area contributed by atoms with Crippen molar-refractivity contribution in [2.45, 2.75) is 6.04 Å². The smallest absolute Gasteiger partial charge is 0.115 e. The van der Waals surface area contributed by atoms with Crippen molar-refractivity contribution < 1.29 is 0 Å². The molecular formula is C14H12N4. The van der Waals surface area contributed by atoms with Crippen LogP contribution in [0.2, 0.25) is 0 Å². The van der Waals surface area contributed by atoms with E-state index in [9.17, 15) is 0 Å². The van der Waals surface area contributed by atoms with Gasteiger partial charge in [0.05, 0.1) is 11.6 Å². The number of rotatable bonds is 2. The Bertz CT molecular complexity index is 667. The van der Waals surface area contributed by atoms with Crippen molar-refractivity contribution >= 4 is 10.9 Å². The first-order chi connectivity index (χ1) is 8.84. The molecule has 3 rings (SSSR count). The molecule has 2 aromatic heterocycles. The third-order valence-electron chi connectivity index (χ3n) is 2.91. The number of hydrogen-bond acceptors (Lipinski definition) is 4. The lowest BCUT2D eigenvalue weighted by Crippen LogP contribution is -2.12. The Labute approximate surface area is 105 Å². The molecule has 0 fully saturated rings. The number of fused-ring (bicyclic) bond motifs is 1. The fourth-order valence-electron chi connectivity index (χ4n) is 1.92. The van der Waals surface area contributed by atoms with Gasteiger partial charge in [0.1, 0.15) is 6.33 Å². The molecule has 18 heavy (non-hydrogen) atoms. The molecular weight excluding hydrogens is 224 g/mol. The van der Waals surface area contributed by atoms with Crippen molar-refractivity contribution in [3.05, 3.63) is 66.4 Å². The molecule has 3 aromatic rings. The van der Waals surface area contributed by atoms with E-state index in [1.54, 1.807) is 18.6 Å². The number of hydrogen-bond donors (Lipinski definition) is 1. The maximum atomic E-state index is 6.19. The molecule has 0 aliphatic heterocycles. The summed E-state index contributed by atoms with van der Waals surface area (Å²) in [4.78, 5) is 12.4. The van der Waals surface area contributed by atoms with Gasteiger partial charge in [-0.2, -0.15) is 0 Å². The van der Waals surface area contributed by atoms with E-state index in [1.807, 2.05) is 24.3 Å². The second-order valence-electron chi connectivity index (χ2n) is 4.11. The molecule has 4 heteroatoms. The standard InChI is InChI=1S/C14H12N4/c15-14(12-6-16-9-17-7-12)11-5-10-3-1-2-4-13(10)18-8-11/h1-9,14H,15H2. The quantitative estimate of drug-likeness (QED) is 0.739. The summed E-state index contributed by atoms with van der Waals surface area (Å²) < 4.78 is 0. The monoisotopic (exact) mass is 236 g/mol. The van der Waals surface area contributed by atoms with Crippen LogP contribution in [0.15, 0.2) is 55.2 Å². The molecule has 0 bridgehead atoms. The maximum absolute atomic E-state index is 6.19. The van der Waals surface area contributed by atoms with Gasteiger partial charge in [-0.3, -0.25) is 4.98 Å². The third-order valence-corrected chi connectivity index (χ3v) is 2.91. The van der Waals surface area contributed by atoms with Gasteiger partial charge in [0, 0.05) is 29.5 Å². The van der Waals surface area contributed by atoms with Crippen LogP contribution in [0.1, 0.15) is 17.2 Å². The Hall–Kier alpha value is -2.33. The Kier molecular flexibility index (Phi) is 2.70. The number of para-hydroxylation sites is 1. The lowest BCUT2D eigenvalue weighted by Gasteiger charge is -2.11. The zero-order valence-electron chi connectivity index (χ0n) is 9.69. The van der Waals surface area contributed by atoms with E-state index in [4.69, 9.17) is 5.73 Å². The minimum absolute atomic E-state index is 0.247. The average Bonchev–Trinajstić information content (AvgIpc) is 2.47. The predicted octanol–water partition coefficient (Wildman–Crippen LogP) is 2.07. The van der Waals surface area contributed by atoms with Crippen LogP contribution in [0.4, 0.5) is 0 Å². The molecule has 0 spiro atoms. The minimum atomic E-state index is -0.247. The molecule has 88 valence electrons. The van der Waals surface area contributed by atoms with Crippen LogP contribution >= 0.6 is 0 Å². The summed E-state index contributed by atoms with van der Waals surface area (Å²) in [6.07, 6.45) is 6.76. The van der Waals surface area contributed by atoms with Gasteiger partial charge >= 0.3 is 0 Å². The predicted molar refractivity (Wildman–Crippen MR) is 69.8 cm³/mol. The minimum Gasteiger partial charge on any atom is -0.320 e. The van der Waals surface area contributed by atoms with E-state index >= 15 is 0 Å². The molecule has 2 heterocycles. The Morgan fingerprint density at radius 1 is 0.944 bits per heavy atom. The first-order valence-electron chi connectivity index (χ1n) is 5.70. The number of nitrogens with two attached hydrogens (primary N) is 1. The van der Waals surface area contributed by atoms with Gasteiger partial charge < -0.3 is 5.73 Å². The second kappa shape index (κ2) is 4.50. The normalized spacial score (nSPS) is 12.5. The Balaban J connectivity index is 2.04. The summed E-state index contributed by atoms with van der Waals surface area (Å²) >= 11 is 0. The topological polar surface area (TPSA) is 64.7 Å². The molecule has 1 aromatic carbocycles. The van der Waals surface area contributed by atoms with Crippen LogP contribution in [0, 0.1) is 0 Å². The molecule has 0 aliphatic rings. The van der Waals surface area contributed by atoms with E-state index in [1.165, 1.54) is 6.33 Å². The van der Waals surface area contributed by atoms with Crippen molar-refractivity contribution in [2.75, 3.05) is 0 Å². The van der Waals surface area contributed by atoms with Gasteiger partial charge in [0.15, 0.2) is 0 Å². The second-order valence-corrected chi connectivity index (χ2v) is 4.11. The lowest BCUT2D eigenvalue weighted by atomic mass is 10.0. The van der Waals surface area contributed by atoms with Gasteiger partial charge in [-0.05, 0) is 17.7 Å². The zero-order chi connectivity index (χ0) is 12.4. The lowest BCUT2D eigenvalue weighted by molar-refractivity contribution is 0.847. The first kappa shape index (κ1) is 10.8. The zero-order valence-corrected chi connectivity index (χ0v) is 9.69. The van der Waals surface area contributed by atoms with Crippen molar-refractivity contribution in [3.8, 4) is 0 Å². The molecule has 2 N–H and O–H groups in total. The van der Waals surface area contributed by atoms with Crippen molar-refractivity contribution in [3.63, 3.8) is 0 Å². The van der Waals surface area contributed by atoms with Gasteiger partial charge in [-0.25, -0.2) is 9.97 Å². The SMILES string of the molecule is NC(c1cncnc1)c1cnc2ccccc2c1. The van der Waals surface area contributed by atoms with E-state index in [0.29, 0.717) is 0 Å². The molecule has 0 amide bonds. The summed E-state index contributed by atoms with van der Waals surface area (Å²) in [7, 11) is 0. The van der Waals surface area contributed by atoms with E-state index in [-0.39, 0.29) is 6.04 Å². The summed E-state index contributed by atoms with van der Waals surface area (Å²) in [5.74, 6) is 0. The van der Waals surface area contributed by atoms with Crippen molar-refractivity contribution in [2.24, 2.45) is 5.73 Å². The first-order valence-corrected chi connectivity index (χ1v) is 5.70. The van der Waals surface area contributed by atoms with Crippen LogP contribution in [-0.4, -0.2) is 15.0 Å². The van der Waals surface area contributed by atoms with Gasteiger partial charge in [-0.15, -0.1) is 0 Å². The molecule has 1 atom stereocenters. The molecule has 4 nitrogen and oxygen atoms in total. The highest BCUT2D eigenvalue weighted by Gasteiger charge is 2.10. The average molecular weight is 236 g/mol. The van der Waals surface area contributed by atoms with E-state index < -0.39 is 0 Å². The third kappa shape index (κ3) is 1.94. The maximum Gasteiger partial charge on any atom is 0.115 e. The van der Waals surface area contributed by atoms with Gasteiger partial charge in [-0.1, -0.05) is 18.2 Å². The van der Waals surface area contributed by atoms with Crippen LogP contribution < -0.4 is 5.73 Å². The highest BCUT2D eigenvalue weighted by molar-refractivity contribution is 5.78. The highest BCUT2D eigenvalue weighted by Crippen LogP contribution is 2.21. The Morgan fingerprint density at radius 2 is 1.72 bits per heavy atom. The van der Waals surface area contributed by atoms with Crippen LogP contribution in [0.25, 0.3) is 10.9 Å². The summed E-state index contributed by atoms with van der Waals surface area (Å²) in [5, 5.41) is 1.09. The number of nitrogens with zero attached hydrogens (tertiary/aromatic N) is 3. The van der Waals surface area contributed by atoms with E-state index in [2.05, 4.69) is 21.0 Å². The molecule has 0 saturated heterocycles. The summed E-state index contributed by atoms with van der Waals surface area (Å²) in [5.41, 5.74) is 9.00. The molecule has 0 aliphatic carbocycles. The van der Waals surface area contributed by atoms with Crippen LogP contribution in [0.3, 0.4) is 0 Å². The fourth-order valence-corrected chi connectivity index (χ4v) is 1.92. The highest BCUT2D eigenvalue weighted by atomic mass is 14.8.